The zero-order chi connectivity index (χ0) is 5.41. The number of hydrogen-bond donors (Lipinski definition) is 1. The van der Waals surface area contributed by atoms with Crippen molar-refractivity contribution in [2.45, 2.75) is 0 Å². The Labute approximate surface area is 78.3 Å². The minimum atomic E-state index is 0. The Hall–Kier alpha value is 1.17. The van der Waals surface area contributed by atoms with Crippen molar-refractivity contribution in [1.29, 1.82) is 0 Å². The molecule has 2 nitrogen and oxygen atoms in total. The van der Waals surface area contributed by atoms with Crippen LogP contribution < -0.4 is 22.3 Å². The fraction of sp³-hybridized carbons (Fsp3) is 0.750. The molecule has 0 radical (unpaired) electrons. The van der Waals surface area contributed by atoms with Gasteiger partial charge in [0.2, 0.25) is 0 Å². The van der Waals surface area contributed by atoms with E-state index in [0.29, 0.717) is 0 Å². The van der Waals surface area contributed by atoms with Crippen molar-refractivity contribution in [1.82, 2.24) is 5.32 Å². The third-order valence-corrected chi connectivity index (χ3v) is 0. The summed E-state index contributed by atoms with van der Waals surface area (Å²) in [7, 11) is 8.25. The number of methoxy groups -OCH3 is 1. The van der Waals surface area contributed by atoms with Gasteiger partial charge in [-0.25, -0.2) is 7.11 Å². The van der Waals surface area contributed by atoms with Gasteiger partial charge >= 0.3 is 23.1 Å². The third-order valence-electron chi connectivity index (χ3n) is 0. The van der Waals surface area contributed by atoms with E-state index in [1.54, 1.807) is 0 Å². The SMILES string of the molecule is CNC.[Br-].[CH2-]OC.[Mg+2]. The van der Waals surface area contributed by atoms with Crippen molar-refractivity contribution in [2.24, 2.45) is 0 Å². The van der Waals surface area contributed by atoms with Gasteiger partial charge in [-0.3, -0.25) is 0 Å². The number of ether oxygens (including phenoxy) is 1. The van der Waals surface area contributed by atoms with Crippen LogP contribution in [0.15, 0.2) is 0 Å². The molecule has 0 amide bonds. The Morgan fingerprint density at radius 1 is 1.38 bits per heavy atom. The molecule has 4 heteroatoms. The van der Waals surface area contributed by atoms with E-state index in [-0.39, 0.29) is 40.0 Å². The van der Waals surface area contributed by atoms with Crippen molar-refractivity contribution < 1.29 is 21.7 Å². The van der Waals surface area contributed by atoms with Gasteiger partial charge in [0, 0.05) is 0 Å². The van der Waals surface area contributed by atoms with Crippen molar-refractivity contribution in [3.05, 3.63) is 7.11 Å². The molecule has 0 rings (SSSR count). The molecule has 0 heterocycles. The zero-order valence-electron chi connectivity index (χ0n) is 5.70. The molecule has 0 aliphatic heterocycles. The zero-order valence-corrected chi connectivity index (χ0v) is 8.70. The first-order valence-electron chi connectivity index (χ1n) is 1.70. The van der Waals surface area contributed by atoms with Gasteiger partial charge in [0.15, 0.2) is 0 Å². The van der Waals surface area contributed by atoms with E-state index in [9.17, 15) is 0 Å². The molecule has 0 aliphatic carbocycles. The summed E-state index contributed by atoms with van der Waals surface area (Å²) in [6.07, 6.45) is 0. The molecular weight excluding hydrogens is 182 g/mol. The van der Waals surface area contributed by atoms with E-state index in [1.165, 1.54) is 7.11 Å². The van der Waals surface area contributed by atoms with E-state index < -0.39 is 0 Å². The van der Waals surface area contributed by atoms with E-state index in [4.69, 9.17) is 0 Å². The summed E-state index contributed by atoms with van der Waals surface area (Å²) < 4.78 is 4.00. The maximum absolute atomic E-state index is 4.00. The predicted octanol–water partition coefficient (Wildman–Crippen LogP) is -3.12. The molecule has 0 fully saturated rings. The Balaban J connectivity index is -0.0000000160. The molecule has 0 saturated heterocycles. The Bertz CT molecular complexity index is 18.0. The van der Waals surface area contributed by atoms with Crippen LogP contribution >= 0.6 is 0 Å². The van der Waals surface area contributed by atoms with Crippen molar-refractivity contribution >= 4 is 23.1 Å². The molecule has 0 spiro atoms. The van der Waals surface area contributed by atoms with Crippen molar-refractivity contribution in [3.8, 4) is 0 Å². The van der Waals surface area contributed by atoms with Gasteiger partial charge in [-0.15, -0.1) is 0 Å². The molecule has 0 aromatic heterocycles. The fourth-order valence-electron chi connectivity index (χ4n) is 0. The average molecular weight is 194 g/mol. The number of rotatable bonds is 0. The van der Waals surface area contributed by atoms with Crippen molar-refractivity contribution in [3.63, 3.8) is 0 Å². The summed E-state index contributed by atoms with van der Waals surface area (Å²) in [6, 6.07) is 0. The molecule has 0 atom stereocenters. The standard InChI is InChI=1S/C2H7N.C2H5O.BrH.Mg/c2*1-3-2;;/h3H,1-2H3;1H2,2H3;1H;/q;-1;;+2/p-1. The Morgan fingerprint density at radius 3 is 1.38 bits per heavy atom. The van der Waals surface area contributed by atoms with E-state index in [2.05, 4.69) is 17.2 Å². The second-order valence-electron chi connectivity index (χ2n) is 0.789. The summed E-state index contributed by atoms with van der Waals surface area (Å²) in [5.74, 6) is 0. The largest absolute Gasteiger partial charge is 2.00 e. The number of hydrogen-bond acceptors (Lipinski definition) is 2. The van der Waals surface area contributed by atoms with Crippen LogP contribution in [0.3, 0.4) is 0 Å². The first kappa shape index (κ1) is 22.9. The Morgan fingerprint density at radius 2 is 1.38 bits per heavy atom. The van der Waals surface area contributed by atoms with Crippen LogP contribution in [0.4, 0.5) is 0 Å². The monoisotopic (exact) mass is 193 g/mol. The molecule has 8 heavy (non-hydrogen) atoms. The maximum atomic E-state index is 4.00. The summed E-state index contributed by atoms with van der Waals surface area (Å²) in [5.41, 5.74) is 0. The fourth-order valence-corrected chi connectivity index (χ4v) is 0. The minimum absolute atomic E-state index is 0. The van der Waals surface area contributed by atoms with Crippen LogP contribution in [-0.4, -0.2) is 44.3 Å². The summed E-state index contributed by atoms with van der Waals surface area (Å²) in [6.45, 7) is 0. The maximum Gasteiger partial charge on any atom is 2.00 e. The predicted molar refractivity (Wildman–Crippen MR) is 33.1 cm³/mol. The number of nitrogens with one attached hydrogen (secondary N) is 1. The van der Waals surface area contributed by atoms with Crippen LogP contribution in [0.2, 0.25) is 0 Å². The molecule has 0 aliphatic rings. The molecule has 0 unspecified atom stereocenters. The van der Waals surface area contributed by atoms with Crippen LogP contribution in [0.1, 0.15) is 0 Å². The Kier molecular flexibility index (Phi) is 120. The van der Waals surface area contributed by atoms with E-state index in [0.717, 1.165) is 0 Å². The molecule has 0 saturated carbocycles. The normalized spacial score (nSPS) is 4.50. The van der Waals surface area contributed by atoms with Crippen LogP contribution in [-0.2, 0) is 4.74 Å². The van der Waals surface area contributed by atoms with E-state index in [1.807, 2.05) is 14.1 Å². The van der Waals surface area contributed by atoms with Gasteiger partial charge in [0.25, 0.3) is 0 Å². The quantitative estimate of drug-likeness (QED) is 0.325. The van der Waals surface area contributed by atoms with E-state index >= 15 is 0 Å². The topological polar surface area (TPSA) is 21.3 Å². The molecule has 0 bridgehead atoms. The first-order valence-corrected chi connectivity index (χ1v) is 1.70. The van der Waals surface area contributed by atoms with Gasteiger partial charge in [-0.05, 0) is 21.2 Å². The molecular formula is C4H12BrMgNO. The van der Waals surface area contributed by atoms with Crippen LogP contribution in [0, 0.1) is 7.11 Å². The summed E-state index contributed by atoms with van der Waals surface area (Å²) in [4.78, 5) is 0. The number of halogens is 1. The van der Waals surface area contributed by atoms with Crippen LogP contribution in [0.5, 0.6) is 0 Å². The minimum Gasteiger partial charge on any atom is -1.00 e. The van der Waals surface area contributed by atoms with Crippen molar-refractivity contribution in [2.75, 3.05) is 21.2 Å². The third kappa shape index (κ3) is 200. The second kappa shape index (κ2) is 41.8. The molecule has 48 valence electrons. The average Bonchev–Trinajstić information content (AvgIpc) is 1.39. The van der Waals surface area contributed by atoms with Gasteiger partial charge in [0.05, 0.1) is 0 Å². The summed E-state index contributed by atoms with van der Waals surface area (Å²) >= 11 is 0. The summed E-state index contributed by atoms with van der Waals surface area (Å²) in [5, 5.41) is 2.75. The first-order chi connectivity index (χ1) is 2.83. The second-order valence-corrected chi connectivity index (χ2v) is 0.789. The van der Waals surface area contributed by atoms with Gasteiger partial charge < -0.3 is 27.0 Å². The van der Waals surface area contributed by atoms with Gasteiger partial charge in [0.1, 0.15) is 0 Å². The van der Waals surface area contributed by atoms with Gasteiger partial charge in [-0.2, -0.15) is 0 Å². The molecule has 1 N–H and O–H groups in total. The van der Waals surface area contributed by atoms with Gasteiger partial charge in [-0.1, -0.05) is 0 Å². The molecule has 0 aromatic carbocycles. The van der Waals surface area contributed by atoms with Crippen LogP contribution in [0.25, 0.3) is 0 Å². The molecule has 0 aromatic rings. The smallest absolute Gasteiger partial charge is 1.00 e.